The Morgan fingerprint density at radius 1 is 1.04 bits per heavy atom. The molecule has 134 valence electrons. The van der Waals surface area contributed by atoms with Gasteiger partial charge in [0.05, 0.1) is 11.3 Å². The van der Waals surface area contributed by atoms with Crippen LogP contribution in [0, 0.1) is 0 Å². The summed E-state index contributed by atoms with van der Waals surface area (Å²) in [6, 6.07) is 10.5. The van der Waals surface area contributed by atoms with Crippen LogP contribution >= 0.6 is 23.2 Å². The number of sulfonamides is 1. The number of hydrogen-bond acceptors (Lipinski definition) is 5. The highest BCUT2D eigenvalue weighted by Crippen LogP contribution is 2.21. The number of ether oxygens (including phenoxy) is 2. The Bertz CT molecular complexity index is 853. The smallest absolute Gasteiger partial charge is 0.310 e. The second kappa shape index (κ2) is 8.53. The summed E-state index contributed by atoms with van der Waals surface area (Å²) in [6.07, 6.45) is 0.0268. The lowest BCUT2D eigenvalue weighted by atomic mass is 10.1. The summed E-state index contributed by atoms with van der Waals surface area (Å²) < 4.78 is 32.7. The molecule has 0 heterocycles. The van der Waals surface area contributed by atoms with Gasteiger partial charge in [-0.2, -0.15) is 0 Å². The van der Waals surface area contributed by atoms with E-state index in [1.807, 2.05) is 0 Å². The first-order chi connectivity index (χ1) is 11.8. The van der Waals surface area contributed by atoms with Gasteiger partial charge in [0.2, 0.25) is 10.0 Å². The third-order valence-corrected chi connectivity index (χ3v) is 4.63. The molecule has 0 saturated carbocycles. The minimum absolute atomic E-state index is 0.00822. The second-order valence-corrected chi connectivity index (χ2v) is 7.40. The van der Waals surface area contributed by atoms with Crippen LogP contribution in [-0.4, -0.2) is 27.6 Å². The van der Waals surface area contributed by atoms with Crippen LogP contribution in [0.5, 0.6) is 5.75 Å². The molecular weight excluding hydrogens is 389 g/mol. The zero-order chi connectivity index (χ0) is 18.4. The van der Waals surface area contributed by atoms with Crippen LogP contribution in [0.15, 0.2) is 47.4 Å². The maximum atomic E-state index is 11.8. The molecule has 0 unspecified atom stereocenters. The molecule has 9 heteroatoms. The standard InChI is InChI=1S/C16H15Cl2NO5S/c17-12-2-1-11(15(18)10-12)9-16(20)24-8-7-23-13-3-5-14(6-4-13)25(19,21)22/h1-6,10H,7-9H2,(H2,19,21,22). The van der Waals surface area contributed by atoms with Crippen LogP contribution < -0.4 is 9.88 Å². The van der Waals surface area contributed by atoms with Crippen LogP contribution in [0.4, 0.5) is 0 Å². The van der Waals surface area contributed by atoms with E-state index >= 15 is 0 Å². The number of esters is 1. The molecule has 0 aliphatic heterocycles. The maximum Gasteiger partial charge on any atom is 0.310 e. The molecule has 2 rings (SSSR count). The minimum Gasteiger partial charge on any atom is -0.490 e. The molecule has 0 bridgehead atoms. The first-order valence-electron chi connectivity index (χ1n) is 7.11. The van der Waals surface area contributed by atoms with Crippen molar-refractivity contribution in [2.24, 2.45) is 5.14 Å². The maximum absolute atomic E-state index is 11.8. The van der Waals surface area contributed by atoms with Crippen molar-refractivity contribution >= 4 is 39.2 Å². The van der Waals surface area contributed by atoms with Crippen molar-refractivity contribution in [3.8, 4) is 5.75 Å². The van der Waals surface area contributed by atoms with E-state index in [0.29, 0.717) is 21.4 Å². The molecule has 0 radical (unpaired) electrons. The summed E-state index contributed by atoms with van der Waals surface area (Å²) in [5, 5.41) is 5.89. The fourth-order valence-electron chi connectivity index (χ4n) is 1.91. The number of rotatable bonds is 7. The molecule has 0 aliphatic rings. The lowest BCUT2D eigenvalue weighted by Crippen LogP contribution is -2.14. The number of primary sulfonamides is 1. The molecule has 2 aromatic rings. The Morgan fingerprint density at radius 3 is 2.32 bits per heavy atom. The highest BCUT2D eigenvalue weighted by Gasteiger charge is 2.09. The first-order valence-corrected chi connectivity index (χ1v) is 9.41. The van der Waals surface area contributed by atoms with Crippen LogP contribution in [0.25, 0.3) is 0 Å². The number of carbonyl (C=O) groups excluding carboxylic acids is 1. The summed E-state index contributed by atoms with van der Waals surface area (Å²) in [4.78, 5) is 11.8. The summed E-state index contributed by atoms with van der Waals surface area (Å²) in [5.74, 6) is -0.0124. The quantitative estimate of drug-likeness (QED) is 0.566. The fraction of sp³-hybridized carbons (Fsp3) is 0.188. The molecule has 0 aromatic heterocycles. The summed E-state index contributed by atoms with van der Waals surface area (Å²) in [6.45, 7) is 0.162. The minimum atomic E-state index is -3.74. The van der Waals surface area contributed by atoms with Gasteiger partial charge in [-0.25, -0.2) is 13.6 Å². The molecule has 2 N–H and O–H groups in total. The normalized spacial score (nSPS) is 11.2. The van der Waals surface area contributed by atoms with Gasteiger partial charge in [-0.05, 0) is 42.0 Å². The van der Waals surface area contributed by atoms with Crippen molar-refractivity contribution in [3.63, 3.8) is 0 Å². The second-order valence-electron chi connectivity index (χ2n) is 5.00. The van der Waals surface area contributed by atoms with Gasteiger partial charge >= 0.3 is 5.97 Å². The van der Waals surface area contributed by atoms with Gasteiger partial charge in [0, 0.05) is 10.0 Å². The third kappa shape index (κ3) is 6.21. The van der Waals surface area contributed by atoms with Crippen molar-refractivity contribution < 1.29 is 22.7 Å². The zero-order valence-corrected chi connectivity index (χ0v) is 15.3. The van der Waals surface area contributed by atoms with E-state index in [9.17, 15) is 13.2 Å². The van der Waals surface area contributed by atoms with Crippen molar-refractivity contribution in [1.82, 2.24) is 0 Å². The van der Waals surface area contributed by atoms with Crippen LogP contribution in [0.1, 0.15) is 5.56 Å². The molecule has 25 heavy (non-hydrogen) atoms. The topological polar surface area (TPSA) is 95.7 Å². The highest BCUT2D eigenvalue weighted by atomic mass is 35.5. The van der Waals surface area contributed by atoms with E-state index in [1.165, 1.54) is 24.3 Å². The van der Waals surface area contributed by atoms with E-state index in [0.717, 1.165) is 0 Å². The molecule has 0 saturated heterocycles. The summed E-state index contributed by atoms with van der Waals surface area (Å²) in [7, 11) is -3.74. The third-order valence-electron chi connectivity index (χ3n) is 3.12. The van der Waals surface area contributed by atoms with Crippen LogP contribution in [0.2, 0.25) is 10.0 Å². The van der Waals surface area contributed by atoms with E-state index in [-0.39, 0.29) is 24.5 Å². The predicted octanol–water partition coefficient (Wildman–Crippen LogP) is 2.81. The van der Waals surface area contributed by atoms with E-state index in [1.54, 1.807) is 18.2 Å². The largest absolute Gasteiger partial charge is 0.490 e. The molecule has 0 fully saturated rings. The molecule has 0 aliphatic carbocycles. The van der Waals surface area contributed by atoms with E-state index in [4.69, 9.17) is 37.8 Å². The Hall–Kier alpha value is -1.80. The predicted molar refractivity (Wildman–Crippen MR) is 94.4 cm³/mol. The lowest BCUT2D eigenvalue weighted by Gasteiger charge is -2.08. The zero-order valence-electron chi connectivity index (χ0n) is 12.9. The molecule has 6 nitrogen and oxygen atoms in total. The van der Waals surface area contributed by atoms with Gasteiger partial charge in [-0.3, -0.25) is 4.79 Å². The first kappa shape index (κ1) is 19.5. The molecule has 2 aromatic carbocycles. The average Bonchev–Trinajstić information content (AvgIpc) is 2.54. The van der Waals surface area contributed by atoms with Crippen LogP contribution in [0.3, 0.4) is 0 Å². The van der Waals surface area contributed by atoms with Crippen molar-refractivity contribution in [2.75, 3.05) is 13.2 Å². The van der Waals surface area contributed by atoms with Gasteiger partial charge in [-0.1, -0.05) is 29.3 Å². The lowest BCUT2D eigenvalue weighted by molar-refractivity contribution is -0.143. The molecule has 0 amide bonds. The Balaban J connectivity index is 1.76. The number of hydrogen-bond donors (Lipinski definition) is 1. The monoisotopic (exact) mass is 403 g/mol. The van der Waals surface area contributed by atoms with Gasteiger partial charge in [0.25, 0.3) is 0 Å². The van der Waals surface area contributed by atoms with Gasteiger partial charge in [0.1, 0.15) is 19.0 Å². The highest BCUT2D eigenvalue weighted by molar-refractivity contribution is 7.89. The number of carbonyl (C=O) groups is 1. The van der Waals surface area contributed by atoms with Gasteiger partial charge in [0.15, 0.2) is 0 Å². The molecule has 0 atom stereocenters. The summed E-state index contributed by atoms with van der Waals surface area (Å²) >= 11 is 11.8. The molecular formula is C16H15Cl2NO5S. The fourth-order valence-corrected chi connectivity index (χ4v) is 2.90. The SMILES string of the molecule is NS(=O)(=O)c1ccc(OCCOC(=O)Cc2ccc(Cl)cc2Cl)cc1. The van der Waals surface area contributed by atoms with E-state index < -0.39 is 16.0 Å². The Kier molecular flexibility index (Phi) is 6.66. The Morgan fingerprint density at radius 2 is 1.72 bits per heavy atom. The van der Waals surface area contributed by atoms with Crippen molar-refractivity contribution in [2.45, 2.75) is 11.3 Å². The average molecular weight is 404 g/mol. The van der Waals surface area contributed by atoms with Gasteiger partial charge < -0.3 is 9.47 Å². The van der Waals surface area contributed by atoms with Crippen molar-refractivity contribution in [3.05, 3.63) is 58.1 Å². The van der Waals surface area contributed by atoms with Gasteiger partial charge in [-0.15, -0.1) is 0 Å². The number of halogens is 2. The number of benzene rings is 2. The summed E-state index contributed by atoms with van der Waals surface area (Å²) in [5.41, 5.74) is 0.621. The van der Waals surface area contributed by atoms with E-state index in [2.05, 4.69) is 0 Å². The molecule has 0 spiro atoms. The van der Waals surface area contributed by atoms with Crippen molar-refractivity contribution in [1.29, 1.82) is 0 Å². The number of nitrogens with two attached hydrogens (primary N) is 1. The van der Waals surface area contributed by atoms with Crippen LogP contribution in [-0.2, 0) is 26.0 Å². The Labute approximate surface area is 155 Å².